The Labute approximate surface area is 138 Å². The first-order chi connectivity index (χ1) is 10.6. The van der Waals surface area contributed by atoms with E-state index < -0.39 is 0 Å². The third-order valence-electron chi connectivity index (χ3n) is 3.72. The van der Waals surface area contributed by atoms with Gasteiger partial charge in [0.05, 0.1) is 16.6 Å². The summed E-state index contributed by atoms with van der Waals surface area (Å²) >= 11 is 3.56. The monoisotopic (exact) mass is 332 g/mol. The minimum atomic E-state index is 0.157. The van der Waals surface area contributed by atoms with Gasteiger partial charge in [-0.3, -0.25) is 0 Å². The van der Waals surface area contributed by atoms with E-state index in [1.165, 1.54) is 25.6 Å². The number of aryl methyl sites for hydroxylation is 2. The molecule has 0 radical (unpaired) electrons. The highest BCUT2D eigenvalue weighted by Gasteiger charge is 2.14. The van der Waals surface area contributed by atoms with Crippen LogP contribution in [0.15, 0.2) is 17.6 Å². The molecular weight excluding hydrogens is 312 g/mol. The number of aromatic nitrogens is 2. The Kier molecular flexibility index (Phi) is 4.42. The number of thiophene rings is 2. The minimum absolute atomic E-state index is 0.157. The van der Waals surface area contributed by atoms with Crippen molar-refractivity contribution in [1.29, 1.82) is 0 Å². The van der Waals surface area contributed by atoms with Crippen LogP contribution in [0.2, 0.25) is 0 Å². The summed E-state index contributed by atoms with van der Waals surface area (Å²) in [5.74, 6) is 0. The normalized spacial score (nSPS) is 12.7. The quantitative estimate of drug-likeness (QED) is 0.744. The van der Waals surface area contributed by atoms with E-state index in [0.29, 0.717) is 0 Å². The third kappa shape index (κ3) is 2.99. The first kappa shape index (κ1) is 15.4. The molecule has 0 bridgehead atoms. The Morgan fingerprint density at radius 2 is 2.14 bits per heavy atom. The first-order valence-corrected chi connectivity index (χ1v) is 9.02. The minimum Gasteiger partial charge on any atom is -0.378 e. The molecule has 3 rings (SSSR count). The van der Waals surface area contributed by atoms with E-state index in [1.807, 2.05) is 13.1 Å². The lowest BCUT2D eigenvalue weighted by Crippen LogP contribution is -2.17. The molecule has 0 spiro atoms. The zero-order valence-electron chi connectivity index (χ0n) is 13.0. The van der Waals surface area contributed by atoms with Gasteiger partial charge in [0, 0.05) is 22.3 Å². The van der Waals surface area contributed by atoms with E-state index in [2.05, 4.69) is 40.8 Å². The van der Waals surface area contributed by atoms with E-state index >= 15 is 0 Å². The van der Waals surface area contributed by atoms with Crippen molar-refractivity contribution in [3.05, 3.63) is 38.5 Å². The second-order valence-corrected chi connectivity index (χ2v) is 7.75. The van der Waals surface area contributed by atoms with Crippen LogP contribution in [0.4, 0.5) is 5.69 Å². The molecular formula is C16H20N4S2. The Bertz CT molecular complexity index is 789. The Balaban J connectivity index is 1.91. The SMILES string of the molecule is Cc1ccsc1CNc1cnnc2c(C)c(C[C@H](C)N)sc12. The lowest BCUT2D eigenvalue weighted by atomic mass is 10.1. The summed E-state index contributed by atoms with van der Waals surface area (Å²) in [5, 5.41) is 14.1. The van der Waals surface area contributed by atoms with Gasteiger partial charge in [0.1, 0.15) is 5.52 Å². The van der Waals surface area contributed by atoms with E-state index in [9.17, 15) is 0 Å². The molecule has 3 aromatic rings. The van der Waals surface area contributed by atoms with Crippen molar-refractivity contribution in [2.75, 3.05) is 5.32 Å². The number of fused-ring (bicyclic) bond motifs is 1. The molecule has 0 aliphatic carbocycles. The van der Waals surface area contributed by atoms with Gasteiger partial charge in [0.25, 0.3) is 0 Å². The van der Waals surface area contributed by atoms with Crippen molar-refractivity contribution in [3.8, 4) is 0 Å². The largest absolute Gasteiger partial charge is 0.378 e. The topological polar surface area (TPSA) is 63.8 Å². The number of rotatable bonds is 5. The van der Waals surface area contributed by atoms with Crippen molar-refractivity contribution < 1.29 is 0 Å². The Hall–Kier alpha value is -1.50. The van der Waals surface area contributed by atoms with Crippen molar-refractivity contribution in [3.63, 3.8) is 0 Å². The lowest BCUT2D eigenvalue weighted by molar-refractivity contribution is 0.744. The molecule has 3 aromatic heterocycles. The van der Waals surface area contributed by atoms with Crippen molar-refractivity contribution in [2.45, 2.75) is 39.8 Å². The number of nitrogens with zero attached hydrogens (tertiary/aromatic N) is 2. The van der Waals surface area contributed by atoms with Crippen molar-refractivity contribution >= 4 is 38.6 Å². The van der Waals surface area contributed by atoms with Crippen LogP contribution in [0.3, 0.4) is 0 Å². The summed E-state index contributed by atoms with van der Waals surface area (Å²) in [6, 6.07) is 2.31. The van der Waals surface area contributed by atoms with E-state index in [0.717, 1.165) is 24.2 Å². The highest BCUT2D eigenvalue weighted by atomic mass is 32.1. The van der Waals surface area contributed by atoms with Crippen LogP contribution < -0.4 is 11.1 Å². The molecule has 0 fully saturated rings. The molecule has 0 unspecified atom stereocenters. The number of hydrogen-bond acceptors (Lipinski definition) is 6. The fourth-order valence-corrected chi connectivity index (χ4v) is 4.64. The van der Waals surface area contributed by atoms with Gasteiger partial charge in [0.2, 0.25) is 0 Å². The van der Waals surface area contributed by atoms with Crippen LogP contribution in [0.1, 0.15) is 27.8 Å². The van der Waals surface area contributed by atoms with Gasteiger partial charge in [0.15, 0.2) is 0 Å². The zero-order chi connectivity index (χ0) is 15.7. The van der Waals surface area contributed by atoms with Gasteiger partial charge < -0.3 is 11.1 Å². The maximum absolute atomic E-state index is 5.95. The molecule has 22 heavy (non-hydrogen) atoms. The lowest BCUT2D eigenvalue weighted by Gasteiger charge is -2.06. The second-order valence-electron chi connectivity index (χ2n) is 5.65. The number of nitrogens with one attached hydrogen (secondary N) is 1. The first-order valence-electron chi connectivity index (χ1n) is 7.32. The smallest absolute Gasteiger partial charge is 0.109 e. The molecule has 1 atom stereocenters. The fourth-order valence-electron chi connectivity index (χ4n) is 2.43. The molecule has 0 saturated heterocycles. The van der Waals surface area contributed by atoms with Gasteiger partial charge in [-0.2, -0.15) is 5.10 Å². The highest BCUT2D eigenvalue weighted by molar-refractivity contribution is 7.19. The highest BCUT2D eigenvalue weighted by Crippen LogP contribution is 2.34. The Morgan fingerprint density at radius 1 is 1.32 bits per heavy atom. The summed E-state index contributed by atoms with van der Waals surface area (Å²) in [6.45, 7) is 7.11. The van der Waals surface area contributed by atoms with Gasteiger partial charge >= 0.3 is 0 Å². The molecule has 3 heterocycles. The molecule has 0 amide bonds. The van der Waals surface area contributed by atoms with E-state index in [4.69, 9.17) is 5.73 Å². The van der Waals surface area contributed by atoms with Crippen LogP contribution in [0, 0.1) is 13.8 Å². The zero-order valence-corrected chi connectivity index (χ0v) is 14.6. The van der Waals surface area contributed by atoms with E-state index in [-0.39, 0.29) is 6.04 Å². The van der Waals surface area contributed by atoms with Gasteiger partial charge in [-0.15, -0.1) is 27.8 Å². The van der Waals surface area contributed by atoms with Crippen LogP contribution in [0.5, 0.6) is 0 Å². The van der Waals surface area contributed by atoms with Crippen LogP contribution in [0.25, 0.3) is 10.2 Å². The predicted octanol–water partition coefficient (Wildman–Crippen LogP) is 3.87. The van der Waals surface area contributed by atoms with E-state index in [1.54, 1.807) is 22.7 Å². The second kappa shape index (κ2) is 6.32. The molecule has 116 valence electrons. The summed E-state index contributed by atoms with van der Waals surface area (Å²) in [5.41, 5.74) is 10.5. The molecule has 0 aliphatic heterocycles. The summed E-state index contributed by atoms with van der Waals surface area (Å²) in [7, 11) is 0. The van der Waals surface area contributed by atoms with Crippen LogP contribution in [-0.2, 0) is 13.0 Å². The summed E-state index contributed by atoms with van der Waals surface area (Å²) in [4.78, 5) is 2.66. The molecule has 3 N–H and O–H groups in total. The summed E-state index contributed by atoms with van der Waals surface area (Å²) < 4.78 is 1.18. The number of nitrogens with two attached hydrogens (primary N) is 1. The number of anilines is 1. The standard InChI is InChI=1S/C16H20N4S2/c1-9-4-5-21-14(9)8-18-12-7-19-20-15-11(3)13(6-10(2)17)22-16(12)15/h4-5,7,10H,6,8,17H2,1-3H3,(H,18,20)/t10-/m0/s1. The molecule has 0 saturated carbocycles. The maximum atomic E-state index is 5.95. The Morgan fingerprint density at radius 3 is 2.82 bits per heavy atom. The van der Waals surface area contributed by atoms with Gasteiger partial charge in [-0.05, 0) is 49.8 Å². The molecule has 0 aliphatic rings. The molecule has 4 nitrogen and oxygen atoms in total. The van der Waals surface area contributed by atoms with Crippen LogP contribution in [-0.4, -0.2) is 16.2 Å². The third-order valence-corrected chi connectivity index (χ3v) is 6.08. The van der Waals surface area contributed by atoms with Crippen molar-refractivity contribution in [1.82, 2.24) is 10.2 Å². The molecule has 6 heteroatoms. The molecule has 0 aromatic carbocycles. The summed E-state index contributed by atoms with van der Waals surface area (Å²) in [6.07, 6.45) is 2.70. The van der Waals surface area contributed by atoms with Crippen molar-refractivity contribution in [2.24, 2.45) is 5.73 Å². The van der Waals surface area contributed by atoms with Gasteiger partial charge in [-0.25, -0.2) is 0 Å². The fraction of sp³-hybridized carbons (Fsp3) is 0.375. The number of hydrogen-bond donors (Lipinski definition) is 2. The van der Waals surface area contributed by atoms with Gasteiger partial charge in [-0.1, -0.05) is 0 Å². The maximum Gasteiger partial charge on any atom is 0.109 e. The predicted molar refractivity (Wildman–Crippen MR) is 95.9 cm³/mol. The van der Waals surface area contributed by atoms with Crippen LogP contribution >= 0.6 is 22.7 Å². The average molecular weight is 332 g/mol. The average Bonchev–Trinajstić information content (AvgIpc) is 3.02.